The third kappa shape index (κ3) is 10.7. The minimum atomic E-state index is -5.01. The third-order valence-electron chi connectivity index (χ3n) is 8.59. The Morgan fingerprint density at radius 1 is 1.00 bits per heavy atom. The molecule has 51 heavy (non-hydrogen) atoms. The van der Waals surface area contributed by atoms with Gasteiger partial charge in [0.25, 0.3) is 0 Å². The van der Waals surface area contributed by atoms with E-state index in [2.05, 4.69) is 16.9 Å². The molecular formula is C37H44F4N3O5PS. The molecule has 0 saturated carbocycles. The number of hydrogen-bond donors (Lipinski definition) is 2. The van der Waals surface area contributed by atoms with Crippen LogP contribution < -0.4 is 9.42 Å². The Morgan fingerprint density at radius 3 is 2.31 bits per heavy atom. The van der Waals surface area contributed by atoms with E-state index in [0.29, 0.717) is 40.0 Å². The minimum absolute atomic E-state index is 0.100. The average molecular weight is 750 g/mol. The first-order valence-corrected chi connectivity index (χ1v) is 19.2. The highest BCUT2D eigenvalue weighted by molar-refractivity contribution is 7.46. The molecule has 0 atom stereocenters. The summed E-state index contributed by atoms with van der Waals surface area (Å²) < 4.78 is 76.2. The lowest BCUT2D eigenvalue weighted by Gasteiger charge is -2.31. The van der Waals surface area contributed by atoms with Crippen LogP contribution in [0.1, 0.15) is 100.0 Å². The fourth-order valence-corrected chi connectivity index (χ4v) is 7.68. The van der Waals surface area contributed by atoms with E-state index >= 15 is 4.39 Å². The largest absolute Gasteiger partial charge is 0.524 e. The Hall–Kier alpha value is -3.64. The fourth-order valence-electron chi connectivity index (χ4n) is 6.43. The Kier molecular flexibility index (Phi) is 13.2. The summed E-state index contributed by atoms with van der Waals surface area (Å²) in [6.45, 7) is 8.85. The first-order chi connectivity index (χ1) is 23.9. The summed E-state index contributed by atoms with van der Waals surface area (Å²) in [7, 11) is -5.01. The van der Waals surface area contributed by atoms with Crippen molar-refractivity contribution in [3.8, 4) is 17.0 Å². The number of unbranched alkanes of at least 4 members (excludes halogenated alkanes) is 6. The maximum Gasteiger partial charge on any atom is 0.524 e. The number of rotatable bonds is 16. The second-order valence-electron chi connectivity index (χ2n) is 13.4. The van der Waals surface area contributed by atoms with Gasteiger partial charge in [-0.25, -0.2) is 9.55 Å². The zero-order chi connectivity index (χ0) is 37.6. The SMILES string of the molecule is CCCCCCCCCc1ccc(N(C(=O)CC(C)(C)c2c(C)cc(C)cc2OP(=O)(O)O)c2nc(-c3cccnc3)c(F)s2)cc1C(F)(F)F. The van der Waals surface area contributed by atoms with Crippen LogP contribution in [0.5, 0.6) is 5.75 Å². The molecule has 2 aromatic heterocycles. The summed E-state index contributed by atoms with van der Waals surface area (Å²) in [5, 5.41) is -0.944. The van der Waals surface area contributed by atoms with Crippen LogP contribution in [0.25, 0.3) is 11.3 Å². The number of amides is 1. The highest BCUT2D eigenvalue weighted by Gasteiger charge is 2.38. The number of aromatic nitrogens is 2. The molecule has 2 heterocycles. The lowest BCUT2D eigenvalue weighted by molar-refractivity contribution is -0.138. The highest BCUT2D eigenvalue weighted by atomic mass is 32.1. The number of phosphoric acid groups is 1. The predicted octanol–water partition coefficient (Wildman–Crippen LogP) is 10.8. The van der Waals surface area contributed by atoms with E-state index in [1.165, 1.54) is 30.6 Å². The summed E-state index contributed by atoms with van der Waals surface area (Å²) in [4.78, 5) is 43.0. The summed E-state index contributed by atoms with van der Waals surface area (Å²) in [6.07, 6.45) is 4.66. The van der Waals surface area contributed by atoms with Gasteiger partial charge in [-0.1, -0.05) is 82.8 Å². The molecular weight excluding hydrogens is 705 g/mol. The highest BCUT2D eigenvalue weighted by Crippen LogP contribution is 2.46. The summed E-state index contributed by atoms with van der Waals surface area (Å²) in [6, 6.07) is 10.1. The van der Waals surface area contributed by atoms with Crippen LogP contribution in [0.4, 0.5) is 28.4 Å². The number of carbonyl (C=O) groups is 1. The van der Waals surface area contributed by atoms with Crippen molar-refractivity contribution in [1.29, 1.82) is 0 Å². The molecule has 0 radical (unpaired) electrons. The number of phosphoric ester groups is 1. The van der Waals surface area contributed by atoms with Crippen molar-refractivity contribution in [2.75, 3.05) is 4.90 Å². The second-order valence-corrected chi connectivity index (χ2v) is 15.5. The van der Waals surface area contributed by atoms with Crippen LogP contribution in [0.15, 0.2) is 54.9 Å². The summed E-state index contributed by atoms with van der Waals surface area (Å²) in [5.41, 5.74) is -0.347. The molecule has 4 rings (SSSR count). The van der Waals surface area contributed by atoms with Gasteiger partial charge in [-0.2, -0.15) is 17.6 Å². The normalized spacial score (nSPS) is 12.3. The summed E-state index contributed by atoms with van der Waals surface area (Å²) in [5.74, 6) is -0.847. The minimum Gasteiger partial charge on any atom is -0.404 e. The molecule has 8 nitrogen and oxygen atoms in total. The number of alkyl halides is 3. The molecule has 0 saturated heterocycles. The molecule has 0 aliphatic rings. The zero-order valence-electron chi connectivity index (χ0n) is 29.4. The van der Waals surface area contributed by atoms with Crippen molar-refractivity contribution < 1.29 is 41.2 Å². The molecule has 0 aliphatic carbocycles. The molecule has 1 amide bonds. The maximum atomic E-state index is 15.5. The van der Waals surface area contributed by atoms with Gasteiger partial charge >= 0.3 is 14.0 Å². The van der Waals surface area contributed by atoms with E-state index in [1.807, 2.05) is 0 Å². The molecule has 4 aromatic rings. The topological polar surface area (TPSA) is 113 Å². The zero-order valence-corrected chi connectivity index (χ0v) is 31.1. The molecule has 2 aromatic carbocycles. The van der Waals surface area contributed by atoms with E-state index < -0.39 is 36.0 Å². The predicted molar refractivity (Wildman–Crippen MR) is 192 cm³/mol. The van der Waals surface area contributed by atoms with Gasteiger partial charge in [0.1, 0.15) is 11.4 Å². The van der Waals surface area contributed by atoms with E-state index in [0.717, 1.165) is 49.5 Å². The van der Waals surface area contributed by atoms with Crippen LogP contribution >= 0.6 is 19.2 Å². The molecule has 0 bridgehead atoms. The number of thiazole rings is 1. The van der Waals surface area contributed by atoms with Crippen molar-refractivity contribution >= 4 is 35.9 Å². The van der Waals surface area contributed by atoms with Gasteiger partial charge in [-0.15, -0.1) is 0 Å². The van der Waals surface area contributed by atoms with Gasteiger partial charge in [0.15, 0.2) is 5.13 Å². The lowest BCUT2D eigenvalue weighted by atomic mass is 9.78. The second kappa shape index (κ2) is 16.8. The van der Waals surface area contributed by atoms with Crippen LogP contribution in [-0.4, -0.2) is 25.7 Å². The monoisotopic (exact) mass is 749 g/mol. The molecule has 0 fully saturated rings. The number of benzene rings is 2. The van der Waals surface area contributed by atoms with E-state index in [-0.39, 0.29) is 40.7 Å². The van der Waals surface area contributed by atoms with E-state index in [1.54, 1.807) is 45.9 Å². The van der Waals surface area contributed by atoms with Crippen LogP contribution in [0.2, 0.25) is 0 Å². The van der Waals surface area contributed by atoms with Crippen molar-refractivity contribution in [3.63, 3.8) is 0 Å². The van der Waals surface area contributed by atoms with Crippen LogP contribution in [0.3, 0.4) is 0 Å². The number of pyridine rings is 1. The standard InChI is InChI=1S/C37H44F4N3O5PS/c1-6-7-8-9-10-11-12-14-26-16-17-28(21-29(26)37(39,40)41)44(35-43-33(34(38)51-35)27-15-13-18-42-23-27)31(45)22-36(4,5)32-25(3)19-24(2)20-30(32)49-50(46,47)48/h13,15-21,23H,6-12,14,22H2,1-5H3,(H2,46,47,48). The van der Waals surface area contributed by atoms with Crippen molar-refractivity contribution in [1.82, 2.24) is 9.97 Å². The molecule has 0 aliphatic heterocycles. The van der Waals surface area contributed by atoms with Crippen LogP contribution in [0, 0.1) is 19.0 Å². The third-order valence-corrected chi connectivity index (χ3v) is 9.85. The van der Waals surface area contributed by atoms with Crippen molar-refractivity contribution in [2.45, 2.75) is 104 Å². The summed E-state index contributed by atoms with van der Waals surface area (Å²) >= 11 is 0.511. The van der Waals surface area contributed by atoms with E-state index in [9.17, 15) is 32.3 Å². The quantitative estimate of drug-likeness (QED) is 0.0666. The number of hydrogen-bond acceptors (Lipinski definition) is 6. The number of anilines is 2. The Balaban J connectivity index is 1.77. The van der Waals surface area contributed by atoms with Gasteiger partial charge in [0.2, 0.25) is 11.0 Å². The Morgan fingerprint density at radius 2 is 1.69 bits per heavy atom. The number of halogens is 4. The lowest BCUT2D eigenvalue weighted by Crippen LogP contribution is -2.33. The van der Waals surface area contributed by atoms with Gasteiger partial charge in [-0.05, 0) is 73.7 Å². The number of nitrogens with zero attached hydrogens (tertiary/aromatic N) is 3. The van der Waals surface area contributed by atoms with Gasteiger partial charge in [0.05, 0.1) is 11.3 Å². The first kappa shape index (κ1) is 40.1. The van der Waals surface area contributed by atoms with Crippen molar-refractivity contribution in [2.24, 2.45) is 0 Å². The van der Waals surface area contributed by atoms with Crippen molar-refractivity contribution in [3.05, 3.63) is 87.8 Å². The fraction of sp³-hybridized carbons (Fsp3) is 0.432. The molecule has 14 heteroatoms. The Bertz CT molecular complexity index is 1860. The van der Waals surface area contributed by atoms with E-state index in [4.69, 9.17) is 4.52 Å². The number of carbonyl (C=O) groups excluding carboxylic acids is 1. The average Bonchev–Trinajstić information content (AvgIpc) is 3.40. The van der Waals surface area contributed by atoms with Gasteiger partial charge < -0.3 is 4.52 Å². The van der Waals surface area contributed by atoms with Crippen LogP contribution in [-0.2, 0) is 27.4 Å². The smallest absolute Gasteiger partial charge is 0.404 e. The molecule has 0 spiro atoms. The Labute approximate surface area is 300 Å². The maximum absolute atomic E-state index is 15.5. The number of aryl methyl sites for hydroxylation is 3. The molecule has 2 N–H and O–H groups in total. The molecule has 276 valence electrons. The van der Waals surface area contributed by atoms with Gasteiger partial charge in [-0.3, -0.25) is 24.5 Å². The van der Waals surface area contributed by atoms with Gasteiger partial charge in [0, 0.05) is 35.4 Å². The molecule has 0 unspecified atom stereocenters. The first-order valence-electron chi connectivity index (χ1n) is 16.9.